The molecule has 1 aliphatic heterocycles. The Morgan fingerprint density at radius 1 is 1.56 bits per heavy atom. The van der Waals surface area contributed by atoms with E-state index in [0.717, 1.165) is 13.1 Å². The fourth-order valence-electron chi connectivity index (χ4n) is 1.74. The van der Waals surface area contributed by atoms with Gasteiger partial charge >= 0.3 is 5.97 Å². The van der Waals surface area contributed by atoms with Crippen molar-refractivity contribution in [3.05, 3.63) is 0 Å². The number of nitrogens with zero attached hydrogens (tertiary/aromatic N) is 1. The number of carbonyl (C=O) groups excluding carboxylic acids is 2. The van der Waals surface area contributed by atoms with Crippen molar-refractivity contribution in [1.82, 2.24) is 10.2 Å². The lowest BCUT2D eigenvalue weighted by Gasteiger charge is -2.22. The molecule has 0 spiro atoms. The average Bonchev–Trinajstić information content (AvgIpc) is 2.44. The zero-order chi connectivity index (χ0) is 12.0. The number of ether oxygens (including phenoxy) is 1. The molecule has 16 heavy (non-hydrogen) atoms. The molecule has 1 unspecified atom stereocenters. The number of amides is 1. The maximum atomic E-state index is 11.4. The Labute approximate surface area is 96.1 Å². The van der Waals surface area contributed by atoms with Crippen LogP contribution in [0.25, 0.3) is 0 Å². The quantitative estimate of drug-likeness (QED) is 0.688. The largest absolute Gasteiger partial charge is 0.466 e. The van der Waals surface area contributed by atoms with Crippen molar-refractivity contribution >= 4 is 11.9 Å². The molecule has 1 N–H and O–H groups in total. The van der Waals surface area contributed by atoms with E-state index in [9.17, 15) is 9.59 Å². The summed E-state index contributed by atoms with van der Waals surface area (Å²) in [7, 11) is 0. The van der Waals surface area contributed by atoms with Crippen molar-refractivity contribution in [2.75, 3.05) is 32.8 Å². The van der Waals surface area contributed by atoms with Crippen molar-refractivity contribution in [2.24, 2.45) is 5.92 Å². The zero-order valence-electron chi connectivity index (χ0n) is 9.99. The summed E-state index contributed by atoms with van der Waals surface area (Å²) in [6.07, 6.45) is 0.509. The SMILES string of the molecule is CCOC(=O)C(C)CN1CCNC(=O)CC1. The topological polar surface area (TPSA) is 58.6 Å². The molecule has 0 radical (unpaired) electrons. The number of carbonyl (C=O) groups is 2. The second-order valence-electron chi connectivity index (χ2n) is 4.05. The first-order chi connectivity index (χ1) is 7.63. The van der Waals surface area contributed by atoms with Gasteiger partial charge < -0.3 is 15.0 Å². The Balaban J connectivity index is 2.35. The van der Waals surface area contributed by atoms with Crippen LogP contribution in [0.3, 0.4) is 0 Å². The highest BCUT2D eigenvalue weighted by Crippen LogP contribution is 2.05. The van der Waals surface area contributed by atoms with Gasteiger partial charge in [0.1, 0.15) is 0 Å². The molecule has 1 saturated heterocycles. The van der Waals surface area contributed by atoms with Gasteiger partial charge in [-0.05, 0) is 6.92 Å². The van der Waals surface area contributed by atoms with Gasteiger partial charge in [0.25, 0.3) is 0 Å². The van der Waals surface area contributed by atoms with Crippen LogP contribution in [0.2, 0.25) is 0 Å². The standard InChI is InChI=1S/C11H20N2O3/c1-3-16-11(15)9(2)8-13-6-4-10(14)12-5-7-13/h9H,3-8H2,1-2H3,(H,12,14). The Morgan fingerprint density at radius 2 is 2.31 bits per heavy atom. The van der Waals surface area contributed by atoms with Crippen LogP contribution < -0.4 is 5.32 Å². The third kappa shape index (κ3) is 4.18. The molecule has 5 nitrogen and oxygen atoms in total. The number of hydrogen-bond acceptors (Lipinski definition) is 4. The molecule has 92 valence electrons. The maximum Gasteiger partial charge on any atom is 0.309 e. The van der Waals surface area contributed by atoms with Crippen molar-refractivity contribution in [1.29, 1.82) is 0 Å². The molecule has 0 bridgehead atoms. The van der Waals surface area contributed by atoms with Crippen LogP contribution in [-0.4, -0.2) is 49.6 Å². The van der Waals surface area contributed by atoms with Gasteiger partial charge in [-0.1, -0.05) is 6.92 Å². The summed E-state index contributed by atoms with van der Waals surface area (Å²) < 4.78 is 4.95. The highest BCUT2D eigenvalue weighted by atomic mass is 16.5. The molecule has 0 saturated carbocycles. The number of hydrogen-bond donors (Lipinski definition) is 1. The van der Waals surface area contributed by atoms with E-state index in [1.807, 2.05) is 6.92 Å². The maximum absolute atomic E-state index is 11.4. The van der Waals surface area contributed by atoms with E-state index < -0.39 is 0 Å². The molecule has 1 fully saturated rings. The molecule has 0 aromatic carbocycles. The number of nitrogens with one attached hydrogen (secondary N) is 1. The van der Waals surface area contributed by atoms with Crippen LogP contribution in [0.4, 0.5) is 0 Å². The van der Waals surface area contributed by atoms with E-state index in [0.29, 0.717) is 26.1 Å². The van der Waals surface area contributed by atoms with E-state index >= 15 is 0 Å². The Kier molecular flexibility index (Phi) is 5.25. The lowest BCUT2D eigenvalue weighted by atomic mass is 10.1. The normalized spacial score (nSPS) is 19.8. The molecule has 1 amide bonds. The van der Waals surface area contributed by atoms with Crippen molar-refractivity contribution in [2.45, 2.75) is 20.3 Å². The smallest absolute Gasteiger partial charge is 0.309 e. The fraction of sp³-hybridized carbons (Fsp3) is 0.818. The molecule has 0 aliphatic carbocycles. The monoisotopic (exact) mass is 228 g/mol. The summed E-state index contributed by atoms with van der Waals surface area (Å²) in [4.78, 5) is 24.7. The van der Waals surface area contributed by atoms with Crippen molar-refractivity contribution in [3.63, 3.8) is 0 Å². The van der Waals surface area contributed by atoms with Gasteiger partial charge in [-0.3, -0.25) is 9.59 Å². The number of esters is 1. The molecule has 0 aromatic rings. The van der Waals surface area contributed by atoms with Crippen LogP contribution in [-0.2, 0) is 14.3 Å². The molecule has 0 aromatic heterocycles. The predicted molar refractivity (Wildman–Crippen MR) is 59.9 cm³/mol. The zero-order valence-corrected chi connectivity index (χ0v) is 9.99. The van der Waals surface area contributed by atoms with E-state index in [4.69, 9.17) is 4.74 Å². The van der Waals surface area contributed by atoms with Gasteiger partial charge in [-0.2, -0.15) is 0 Å². The van der Waals surface area contributed by atoms with Crippen molar-refractivity contribution in [3.8, 4) is 0 Å². The van der Waals surface area contributed by atoms with Gasteiger partial charge in [0, 0.05) is 32.6 Å². The minimum absolute atomic E-state index is 0.0892. The Hall–Kier alpha value is -1.10. The number of rotatable bonds is 4. The summed E-state index contributed by atoms with van der Waals surface area (Å²) in [5.74, 6) is -0.203. The summed E-state index contributed by atoms with van der Waals surface area (Å²) in [5, 5.41) is 2.81. The van der Waals surface area contributed by atoms with Gasteiger partial charge in [0.15, 0.2) is 0 Å². The summed E-state index contributed by atoms with van der Waals surface area (Å²) in [5.41, 5.74) is 0. The van der Waals surface area contributed by atoms with Gasteiger partial charge in [0.05, 0.1) is 12.5 Å². The van der Waals surface area contributed by atoms with Crippen LogP contribution in [0.1, 0.15) is 20.3 Å². The molecular formula is C11H20N2O3. The summed E-state index contributed by atoms with van der Waals surface area (Å²) in [6, 6.07) is 0. The van der Waals surface area contributed by atoms with E-state index in [1.165, 1.54) is 0 Å². The second-order valence-corrected chi connectivity index (χ2v) is 4.05. The first kappa shape index (κ1) is 13.0. The van der Waals surface area contributed by atoms with Gasteiger partial charge in [0.2, 0.25) is 5.91 Å². The van der Waals surface area contributed by atoms with E-state index in [-0.39, 0.29) is 17.8 Å². The summed E-state index contributed by atoms with van der Waals surface area (Å²) in [6.45, 7) is 6.92. The predicted octanol–water partition coefficient (Wildman–Crippen LogP) is 0.00750. The van der Waals surface area contributed by atoms with E-state index in [2.05, 4.69) is 10.2 Å². The van der Waals surface area contributed by atoms with Crippen LogP contribution in [0.15, 0.2) is 0 Å². The molecule has 1 aliphatic rings. The second kappa shape index (κ2) is 6.48. The Morgan fingerprint density at radius 3 is 3.00 bits per heavy atom. The highest BCUT2D eigenvalue weighted by Gasteiger charge is 2.20. The molecule has 1 heterocycles. The third-order valence-electron chi connectivity index (χ3n) is 2.63. The molecule has 5 heteroatoms. The molecule has 1 rings (SSSR count). The minimum Gasteiger partial charge on any atom is -0.466 e. The van der Waals surface area contributed by atoms with Gasteiger partial charge in [-0.25, -0.2) is 0 Å². The van der Waals surface area contributed by atoms with Crippen LogP contribution in [0, 0.1) is 5.92 Å². The first-order valence-corrected chi connectivity index (χ1v) is 5.79. The lowest BCUT2D eigenvalue weighted by molar-refractivity contribution is -0.148. The fourth-order valence-corrected chi connectivity index (χ4v) is 1.74. The highest BCUT2D eigenvalue weighted by molar-refractivity contribution is 5.76. The Bertz CT molecular complexity index is 256. The summed E-state index contributed by atoms with van der Waals surface area (Å²) >= 11 is 0. The van der Waals surface area contributed by atoms with Crippen molar-refractivity contribution < 1.29 is 14.3 Å². The van der Waals surface area contributed by atoms with Crippen LogP contribution in [0.5, 0.6) is 0 Å². The minimum atomic E-state index is -0.161. The van der Waals surface area contributed by atoms with Gasteiger partial charge in [-0.15, -0.1) is 0 Å². The molecule has 1 atom stereocenters. The molecular weight excluding hydrogens is 208 g/mol. The lowest BCUT2D eigenvalue weighted by Crippen LogP contribution is -2.35. The average molecular weight is 228 g/mol. The third-order valence-corrected chi connectivity index (χ3v) is 2.63. The first-order valence-electron chi connectivity index (χ1n) is 5.79. The van der Waals surface area contributed by atoms with E-state index in [1.54, 1.807) is 6.92 Å². The van der Waals surface area contributed by atoms with Crippen LogP contribution >= 0.6 is 0 Å².